The molecule has 3 nitrogen and oxygen atoms in total. The Bertz CT molecular complexity index is 502. The van der Waals surface area contributed by atoms with E-state index in [1.807, 2.05) is 13.0 Å². The van der Waals surface area contributed by atoms with E-state index in [0.717, 1.165) is 29.6 Å². The highest BCUT2D eigenvalue weighted by molar-refractivity contribution is 7.99. The van der Waals surface area contributed by atoms with Gasteiger partial charge in [-0.25, -0.2) is 9.97 Å². The van der Waals surface area contributed by atoms with Crippen molar-refractivity contribution in [3.8, 4) is 0 Å². The lowest BCUT2D eigenvalue weighted by molar-refractivity contribution is 0.348. The highest BCUT2D eigenvalue weighted by Gasteiger charge is 2.01. The minimum Gasteiger partial charge on any atom is -0.301 e. The van der Waals surface area contributed by atoms with Crippen LogP contribution >= 0.6 is 11.8 Å². The van der Waals surface area contributed by atoms with Gasteiger partial charge in [0.05, 0.1) is 5.03 Å². The van der Waals surface area contributed by atoms with Gasteiger partial charge in [0.15, 0.2) is 0 Å². The van der Waals surface area contributed by atoms with Gasteiger partial charge in [-0.05, 0) is 25.6 Å². The molecule has 0 N–H and O–H groups in total. The van der Waals surface area contributed by atoms with Crippen molar-refractivity contribution >= 4 is 11.8 Å². The van der Waals surface area contributed by atoms with Gasteiger partial charge in [-0.15, -0.1) is 11.8 Å². The van der Waals surface area contributed by atoms with Crippen LogP contribution in [0.3, 0.4) is 0 Å². The maximum Gasteiger partial charge on any atom is 0.116 e. The van der Waals surface area contributed by atoms with Gasteiger partial charge in [-0.3, -0.25) is 0 Å². The van der Waals surface area contributed by atoms with E-state index in [-0.39, 0.29) is 0 Å². The Morgan fingerprint density at radius 1 is 1.16 bits per heavy atom. The van der Waals surface area contributed by atoms with Crippen LogP contribution in [0, 0.1) is 6.92 Å². The lowest BCUT2D eigenvalue weighted by Crippen LogP contribution is -2.20. The SMILES string of the molecule is Cc1cc(SCCN(C)Cc2ccccc2)ncn1. The van der Waals surface area contributed by atoms with E-state index in [4.69, 9.17) is 0 Å². The molecule has 0 saturated heterocycles. The van der Waals surface area contributed by atoms with Gasteiger partial charge in [0.25, 0.3) is 0 Å². The van der Waals surface area contributed by atoms with Gasteiger partial charge >= 0.3 is 0 Å². The number of hydrogen-bond donors (Lipinski definition) is 0. The topological polar surface area (TPSA) is 29.0 Å². The molecule has 0 atom stereocenters. The van der Waals surface area contributed by atoms with E-state index >= 15 is 0 Å². The van der Waals surface area contributed by atoms with E-state index in [1.165, 1.54) is 5.56 Å². The number of benzene rings is 1. The first-order valence-corrected chi connectivity index (χ1v) is 7.36. The predicted molar refractivity (Wildman–Crippen MR) is 80.3 cm³/mol. The molecule has 0 fully saturated rings. The summed E-state index contributed by atoms with van der Waals surface area (Å²) in [6.45, 7) is 4.03. The first kappa shape index (κ1) is 14.0. The summed E-state index contributed by atoms with van der Waals surface area (Å²) in [6, 6.07) is 12.6. The van der Waals surface area contributed by atoms with Crippen molar-refractivity contribution in [3.05, 3.63) is 54.0 Å². The van der Waals surface area contributed by atoms with Crippen molar-refractivity contribution in [2.45, 2.75) is 18.5 Å². The first-order chi connectivity index (χ1) is 9.24. The number of thioether (sulfide) groups is 1. The summed E-state index contributed by atoms with van der Waals surface area (Å²) in [5, 5.41) is 1.06. The smallest absolute Gasteiger partial charge is 0.116 e. The molecule has 100 valence electrons. The zero-order valence-electron chi connectivity index (χ0n) is 11.4. The molecule has 0 saturated carbocycles. The number of rotatable bonds is 6. The second-order valence-corrected chi connectivity index (χ2v) is 5.68. The molecule has 0 aliphatic carbocycles. The molecule has 0 unspecified atom stereocenters. The van der Waals surface area contributed by atoms with Gasteiger partial charge in [-0.2, -0.15) is 0 Å². The van der Waals surface area contributed by atoms with Crippen molar-refractivity contribution in [3.63, 3.8) is 0 Å². The lowest BCUT2D eigenvalue weighted by Gasteiger charge is -2.16. The minimum absolute atomic E-state index is 0.990. The van der Waals surface area contributed by atoms with Crippen LogP contribution in [0.2, 0.25) is 0 Å². The number of aromatic nitrogens is 2. The quantitative estimate of drug-likeness (QED) is 0.597. The Morgan fingerprint density at radius 3 is 2.68 bits per heavy atom. The van der Waals surface area contributed by atoms with E-state index in [1.54, 1.807) is 18.1 Å². The highest BCUT2D eigenvalue weighted by atomic mass is 32.2. The lowest BCUT2D eigenvalue weighted by atomic mass is 10.2. The molecule has 1 aromatic carbocycles. The van der Waals surface area contributed by atoms with Crippen LogP contribution in [0.5, 0.6) is 0 Å². The molecule has 1 heterocycles. The first-order valence-electron chi connectivity index (χ1n) is 6.38. The van der Waals surface area contributed by atoms with Crippen LogP contribution in [-0.4, -0.2) is 34.2 Å². The Hall–Kier alpha value is -1.39. The normalized spacial score (nSPS) is 10.9. The van der Waals surface area contributed by atoms with Crippen LogP contribution in [-0.2, 0) is 6.54 Å². The van der Waals surface area contributed by atoms with Gasteiger partial charge in [-0.1, -0.05) is 30.3 Å². The molecule has 0 bridgehead atoms. The second-order valence-electron chi connectivity index (χ2n) is 4.57. The Morgan fingerprint density at radius 2 is 1.95 bits per heavy atom. The summed E-state index contributed by atoms with van der Waals surface area (Å²) >= 11 is 1.78. The standard InChI is InChI=1S/C15H19N3S/c1-13-10-15(17-12-16-13)19-9-8-18(2)11-14-6-4-3-5-7-14/h3-7,10,12H,8-9,11H2,1-2H3. The highest BCUT2D eigenvalue weighted by Crippen LogP contribution is 2.15. The average Bonchev–Trinajstić information content (AvgIpc) is 2.40. The van der Waals surface area contributed by atoms with Gasteiger partial charge in [0.1, 0.15) is 6.33 Å². The molecule has 1 aromatic heterocycles. The van der Waals surface area contributed by atoms with Gasteiger partial charge in [0, 0.05) is 24.5 Å². The maximum atomic E-state index is 4.25. The molecule has 0 amide bonds. The van der Waals surface area contributed by atoms with Crippen LogP contribution in [0.15, 0.2) is 47.8 Å². The molecule has 0 aliphatic rings. The van der Waals surface area contributed by atoms with Gasteiger partial charge in [0.2, 0.25) is 0 Å². The Kier molecular flexibility index (Phi) is 5.36. The van der Waals surface area contributed by atoms with Crippen molar-refractivity contribution in [1.29, 1.82) is 0 Å². The number of hydrogen-bond acceptors (Lipinski definition) is 4. The fourth-order valence-electron chi connectivity index (χ4n) is 1.79. The predicted octanol–water partition coefficient (Wildman–Crippen LogP) is 3.01. The summed E-state index contributed by atoms with van der Waals surface area (Å²) in [6.07, 6.45) is 1.63. The van der Waals surface area contributed by atoms with Gasteiger partial charge < -0.3 is 4.90 Å². The van der Waals surface area contributed by atoms with Crippen molar-refractivity contribution < 1.29 is 0 Å². The molecule has 0 aliphatic heterocycles. The molecular formula is C15H19N3S. The van der Waals surface area contributed by atoms with E-state index < -0.39 is 0 Å². The van der Waals surface area contributed by atoms with E-state index in [9.17, 15) is 0 Å². The largest absolute Gasteiger partial charge is 0.301 e. The molecule has 0 spiro atoms. The summed E-state index contributed by atoms with van der Waals surface area (Å²) in [5.41, 5.74) is 2.38. The van der Waals surface area contributed by atoms with E-state index in [2.05, 4.69) is 52.2 Å². The summed E-state index contributed by atoms with van der Waals surface area (Å²) < 4.78 is 0. The van der Waals surface area contributed by atoms with Crippen molar-refractivity contribution in [1.82, 2.24) is 14.9 Å². The fraction of sp³-hybridized carbons (Fsp3) is 0.333. The number of nitrogens with zero attached hydrogens (tertiary/aromatic N) is 3. The zero-order chi connectivity index (χ0) is 13.5. The Labute approximate surface area is 119 Å². The Balaban J connectivity index is 1.73. The third kappa shape index (κ3) is 5.01. The van der Waals surface area contributed by atoms with Crippen LogP contribution in [0.1, 0.15) is 11.3 Å². The summed E-state index contributed by atoms with van der Waals surface area (Å²) in [4.78, 5) is 10.7. The summed E-state index contributed by atoms with van der Waals surface area (Å²) in [5.74, 6) is 1.04. The average molecular weight is 273 g/mol. The monoisotopic (exact) mass is 273 g/mol. The summed E-state index contributed by atoms with van der Waals surface area (Å²) in [7, 11) is 2.15. The number of aryl methyl sites for hydroxylation is 1. The minimum atomic E-state index is 0.990. The molecular weight excluding hydrogens is 254 g/mol. The van der Waals surface area contributed by atoms with Crippen LogP contribution < -0.4 is 0 Å². The molecule has 2 rings (SSSR count). The molecule has 2 aromatic rings. The second kappa shape index (κ2) is 7.26. The van der Waals surface area contributed by atoms with E-state index in [0.29, 0.717) is 0 Å². The molecule has 4 heteroatoms. The van der Waals surface area contributed by atoms with Crippen LogP contribution in [0.25, 0.3) is 0 Å². The zero-order valence-corrected chi connectivity index (χ0v) is 12.2. The third-order valence-corrected chi connectivity index (χ3v) is 3.70. The van der Waals surface area contributed by atoms with Crippen LogP contribution in [0.4, 0.5) is 0 Å². The molecule has 0 radical (unpaired) electrons. The van der Waals surface area contributed by atoms with Crippen molar-refractivity contribution in [2.75, 3.05) is 19.3 Å². The van der Waals surface area contributed by atoms with Crippen molar-refractivity contribution in [2.24, 2.45) is 0 Å². The maximum absolute atomic E-state index is 4.25. The molecule has 19 heavy (non-hydrogen) atoms. The fourth-order valence-corrected chi connectivity index (χ4v) is 2.78. The third-order valence-electron chi connectivity index (χ3n) is 2.80.